The molecule has 3 N–H and O–H groups in total. The van der Waals surface area contributed by atoms with Crippen LogP contribution in [0.25, 0.3) is 0 Å². The molecule has 0 spiro atoms. The fourth-order valence-corrected chi connectivity index (χ4v) is 1.49. The van der Waals surface area contributed by atoms with Crippen molar-refractivity contribution < 1.29 is 4.79 Å². The van der Waals surface area contributed by atoms with Crippen LogP contribution in [-0.4, -0.2) is 12.5 Å². The summed E-state index contributed by atoms with van der Waals surface area (Å²) in [6.07, 6.45) is 0.776. The van der Waals surface area contributed by atoms with E-state index in [4.69, 9.17) is 5.73 Å². The molecule has 0 aliphatic carbocycles. The molecule has 3 heteroatoms. The Morgan fingerprint density at radius 1 is 1.42 bits per heavy atom. The Balaban J connectivity index is 3.05. The summed E-state index contributed by atoms with van der Waals surface area (Å²) in [7, 11) is 0. The Morgan fingerprint density at radius 3 is 2.33 bits per heavy atom. The molecule has 0 atom stereocenters. The van der Waals surface area contributed by atoms with Gasteiger partial charge in [-0.2, -0.15) is 0 Å². The monoisotopic (exact) mass is 168 g/mol. The number of nitrogens with one attached hydrogen (secondary N) is 1. The average Bonchev–Trinajstić information content (AvgIpc) is 1.82. The SMILES string of the molecule is CC(C)(C)C1=C(N)CCNC1=O. The summed E-state index contributed by atoms with van der Waals surface area (Å²) >= 11 is 0. The van der Waals surface area contributed by atoms with Crippen LogP contribution in [0.2, 0.25) is 0 Å². The third-order valence-corrected chi connectivity index (χ3v) is 1.98. The largest absolute Gasteiger partial charge is 0.402 e. The van der Waals surface area contributed by atoms with E-state index >= 15 is 0 Å². The lowest BCUT2D eigenvalue weighted by molar-refractivity contribution is -0.118. The van der Waals surface area contributed by atoms with Crippen LogP contribution in [0.1, 0.15) is 27.2 Å². The number of carbonyl (C=O) groups excluding carboxylic acids is 1. The van der Waals surface area contributed by atoms with Gasteiger partial charge in [-0.05, 0) is 5.41 Å². The maximum atomic E-state index is 11.4. The van der Waals surface area contributed by atoms with E-state index in [1.165, 1.54) is 0 Å². The minimum absolute atomic E-state index is 0.00810. The standard InChI is InChI=1S/C9H16N2O/c1-9(2,3)7-6(10)4-5-11-8(7)12/h4-5,10H2,1-3H3,(H,11,12). The predicted molar refractivity (Wildman–Crippen MR) is 48.3 cm³/mol. The van der Waals surface area contributed by atoms with Gasteiger partial charge in [-0.3, -0.25) is 4.79 Å². The highest BCUT2D eigenvalue weighted by Gasteiger charge is 2.28. The van der Waals surface area contributed by atoms with E-state index in [2.05, 4.69) is 5.32 Å². The van der Waals surface area contributed by atoms with Gasteiger partial charge >= 0.3 is 0 Å². The summed E-state index contributed by atoms with van der Waals surface area (Å²) in [6, 6.07) is 0. The maximum Gasteiger partial charge on any atom is 0.249 e. The molecule has 0 saturated carbocycles. The minimum Gasteiger partial charge on any atom is -0.402 e. The summed E-state index contributed by atoms with van der Waals surface area (Å²) < 4.78 is 0. The van der Waals surface area contributed by atoms with Crippen LogP contribution in [0.15, 0.2) is 11.3 Å². The lowest BCUT2D eigenvalue weighted by Crippen LogP contribution is -2.38. The third-order valence-electron chi connectivity index (χ3n) is 1.98. The molecule has 0 aromatic heterocycles. The van der Waals surface area contributed by atoms with Gasteiger partial charge in [-0.15, -0.1) is 0 Å². The Morgan fingerprint density at radius 2 is 2.00 bits per heavy atom. The number of nitrogens with two attached hydrogens (primary N) is 1. The van der Waals surface area contributed by atoms with Gasteiger partial charge in [0, 0.05) is 24.2 Å². The van der Waals surface area contributed by atoms with Gasteiger partial charge in [0.05, 0.1) is 0 Å². The van der Waals surface area contributed by atoms with Crippen LogP contribution < -0.4 is 11.1 Å². The number of hydrogen-bond donors (Lipinski definition) is 2. The highest BCUT2D eigenvalue weighted by atomic mass is 16.1. The summed E-state index contributed by atoms with van der Waals surface area (Å²) in [6.45, 7) is 6.67. The average molecular weight is 168 g/mol. The van der Waals surface area contributed by atoms with Crippen LogP contribution in [0, 0.1) is 5.41 Å². The van der Waals surface area contributed by atoms with Crippen molar-refractivity contribution in [2.24, 2.45) is 11.1 Å². The lowest BCUT2D eigenvalue weighted by atomic mass is 9.83. The molecule has 0 saturated heterocycles. The molecular weight excluding hydrogens is 152 g/mol. The highest BCUT2D eigenvalue weighted by molar-refractivity contribution is 5.96. The van der Waals surface area contributed by atoms with Crippen molar-refractivity contribution in [1.82, 2.24) is 5.32 Å². The smallest absolute Gasteiger partial charge is 0.249 e. The Hall–Kier alpha value is -0.990. The second-order valence-electron chi connectivity index (χ2n) is 4.16. The molecule has 0 bridgehead atoms. The zero-order chi connectivity index (χ0) is 9.35. The molecule has 0 unspecified atom stereocenters. The van der Waals surface area contributed by atoms with Gasteiger partial charge in [-0.1, -0.05) is 20.8 Å². The molecule has 0 radical (unpaired) electrons. The molecule has 68 valence electrons. The van der Waals surface area contributed by atoms with Crippen molar-refractivity contribution >= 4 is 5.91 Å². The molecule has 12 heavy (non-hydrogen) atoms. The Bertz CT molecular complexity index is 235. The maximum absolute atomic E-state index is 11.4. The zero-order valence-electron chi connectivity index (χ0n) is 7.90. The minimum atomic E-state index is -0.144. The summed E-state index contributed by atoms with van der Waals surface area (Å²) in [5.74, 6) is -0.00810. The molecule has 0 aromatic carbocycles. The molecule has 1 aliphatic rings. The normalized spacial score (nSPS) is 19.4. The second-order valence-corrected chi connectivity index (χ2v) is 4.16. The predicted octanol–water partition coefficient (Wildman–Crippen LogP) is 0.765. The van der Waals surface area contributed by atoms with E-state index in [0.717, 1.165) is 17.7 Å². The molecule has 1 amide bonds. The van der Waals surface area contributed by atoms with Crippen LogP contribution in [0.5, 0.6) is 0 Å². The molecule has 0 fully saturated rings. The van der Waals surface area contributed by atoms with Crippen LogP contribution in [-0.2, 0) is 4.79 Å². The third kappa shape index (κ3) is 1.60. The summed E-state index contributed by atoms with van der Waals surface area (Å²) in [5.41, 5.74) is 7.12. The first-order chi connectivity index (χ1) is 5.43. The molecular formula is C9H16N2O. The number of hydrogen-bond acceptors (Lipinski definition) is 2. The van der Waals surface area contributed by atoms with Crippen LogP contribution >= 0.6 is 0 Å². The van der Waals surface area contributed by atoms with E-state index in [9.17, 15) is 4.79 Å². The van der Waals surface area contributed by atoms with E-state index < -0.39 is 0 Å². The van der Waals surface area contributed by atoms with Crippen molar-refractivity contribution in [1.29, 1.82) is 0 Å². The lowest BCUT2D eigenvalue weighted by Gasteiger charge is -2.27. The van der Waals surface area contributed by atoms with Crippen molar-refractivity contribution in [3.05, 3.63) is 11.3 Å². The zero-order valence-corrected chi connectivity index (χ0v) is 7.90. The second kappa shape index (κ2) is 2.81. The van der Waals surface area contributed by atoms with Crippen molar-refractivity contribution in [3.8, 4) is 0 Å². The van der Waals surface area contributed by atoms with E-state index in [1.807, 2.05) is 20.8 Å². The van der Waals surface area contributed by atoms with Crippen molar-refractivity contribution in [2.45, 2.75) is 27.2 Å². The fourth-order valence-electron chi connectivity index (χ4n) is 1.49. The fraction of sp³-hybridized carbons (Fsp3) is 0.667. The number of rotatable bonds is 0. The van der Waals surface area contributed by atoms with Gasteiger partial charge in [-0.25, -0.2) is 0 Å². The van der Waals surface area contributed by atoms with E-state index in [-0.39, 0.29) is 11.3 Å². The van der Waals surface area contributed by atoms with E-state index in [0.29, 0.717) is 6.54 Å². The van der Waals surface area contributed by atoms with Gasteiger partial charge in [0.1, 0.15) is 0 Å². The quantitative estimate of drug-likeness (QED) is 0.561. The van der Waals surface area contributed by atoms with Gasteiger partial charge in [0.25, 0.3) is 0 Å². The van der Waals surface area contributed by atoms with Gasteiger partial charge < -0.3 is 11.1 Å². The topological polar surface area (TPSA) is 55.1 Å². The van der Waals surface area contributed by atoms with Crippen LogP contribution in [0.4, 0.5) is 0 Å². The first-order valence-electron chi connectivity index (χ1n) is 4.20. The number of carbonyl (C=O) groups is 1. The molecule has 3 nitrogen and oxygen atoms in total. The first kappa shape index (κ1) is 9.10. The van der Waals surface area contributed by atoms with Gasteiger partial charge in [0.2, 0.25) is 5.91 Å². The van der Waals surface area contributed by atoms with Gasteiger partial charge in [0.15, 0.2) is 0 Å². The van der Waals surface area contributed by atoms with Crippen LogP contribution in [0.3, 0.4) is 0 Å². The van der Waals surface area contributed by atoms with Crippen molar-refractivity contribution in [3.63, 3.8) is 0 Å². The Labute approximate surface area is 73.0 Å². The van der Waals surface area contributed by atoms with E-state index in [1.54, 1.807) is 0 Å². The molecule has 1 heterocycles. The first-order valence-corrected chi connectivity index (χ1v) is 4.20. The highest BCUT2D eigenvalue weighted by Crippen LogP contribution is 2.29. The Kier molecular flexibility index (Phi) is 2.13. The molecule has 1 aliphatic heterocycles. The molecule has 1 rings (SSSR count). The summed E-state index contributed by atoms with van der Waals surface area (Å²) in [5, 5.41) is 2.79. The summed E-state index contributed by atoms with van der Waals surface area (Å²) in [4.78, 5) is 11.4. The molecule has 0 aromatic rings. The number of amides is 1. The van der Waals surface area contributed by atoms with Crippen molar-refractivity contribution in [2.75, 3.05) is 6.54 Å².